The molecule has 3 N–H and O–H groups in total. The van der Waals surface area contributed by atoms with E-state index in [9.17, 15) is 4.79 Å². The van der Waals surface area contributed by atoms with Crippen molar-refractivity contribution in [2.75, 3.05) is 11.1 Å². The SMILES string of the molecule is CC(C)n1cc(NC(=O)c2nn(C)cc2N)cn1. The lowest BCUT2D eigenvalue weighted by Gasteiger charge is -2.03. The van der Waals surface area contributed by atoms with Crippen LogP contribution in [0.1, 0.15) is 30.4 Å². The Morgan fingerprint density at radius 1 is 1.44 bits per heavy atom. The number of amides is 1. The molecule has 7 heteroatoms. The van der Waals surface area contributed by atoms with E-state index in [1.165, 1.54) is 4.68 Å². The Kier molecular flexibility index (Phi) is 3.05. The molecule has 0 aromatic carbocycles. The predicted octanol–water partition coefficient (Wildman–Crippen LogP) is 1.03. The highest BCUT2D eigenvalue weighted by Gasteiger charge is 2.15. The first-order valence-electron chi connectivity index (χ1n) is 5.62. The van der Waals surface area contributed by atoms with Crippen molar-refractivity contribution in [3.63, 3.8) is 0 Å². The maximum Gasteiger partial charge on any atom is 0.278 e. The van der Waals surface area contributed by atoms with Crippen LogP contribution in [0.5, 0.6) is 0 Å². The number of nitrogens with two attached hydrogens (primary N) is 1. The minimum absolute atomic E-state index is 0.217. The van der Waals surface area contributed by atoms with E-state index in [-0.39, 0.29) is 17.6 Å². The van der Waals surface area contributed by atoms with Gasteiger partial charge in [-0.15, -0.1) is 0 Å². The van der Waals surface area contributed by atoms with E-state index in [4.69, 9.17) is 5.73 Å². The number of aryl methyl sites for hydroxylation is 1. The fraction of sp³-hybridized carbons (Fsp3) is 0.364. The summed E-state index contributed by atoms with van der Waals surface area (Å²) in [6.45, 7) is 4.02. The third-order valence-corrected chi connectivity index (χ3v) is 2.46. The van der Waals surface area contributed by atoms with Gasteiger partial charge in [-0.2, -0.15) is 10.2 Å². The van der Waals surface area contributed by atoms with Gasteiger partial charge in [0.15, 0.2) is 5.69 Å². The van der Waals surface area contributed by atoms with E-state index in [1.54, 1.807) is 30.3 Å². The summed E-state index contributed by atoms with van der Waals surface area (Å²) in [6.07, 6.45) is 4.95. The van der Waals surface area contributed by atoms with Gasteiger partial charge in [0, 0.05) is 25.5 Å². The second-order valence-corrected chi connectivity index (χ2v) is 4.36. The van der Waals surface area contributed by atoms with E-state index in [1.807, 2.05) is 13.8 Å². The molecule has 0 aliphatic carbocycles. The summed E-state index contributed by atoms with van der Waals surface area (Å²) < 4.78 is 3.26. The highest BCUT2D eigenvalue weighted by molar-refractivity contribution is 6.06. The first-order chi connectivity index (χ1) is 8.47. The topological polar surface area (TPSA) is 90.8 Å². The molecule has 0 radical (unpaired) electrons. The van der Waals surface area contributed by atoms with Crippen molar-refractivity contribution in [3.05, 3.63) is 24.3 Å². The molecule has 7 nitrogen and oxygen atoms in total. The number of nitrogens with zero attached hydrogens (tertiary/aromatic N) is 4. The number of hydrogen-bond donors (Lipinski definition) is 2. The van der Waals surface area contributed by atoms with Crippen molar-refractivity contribution in [1.29, 1.82) is 0 Å². The molecular weight excluding hydrogens is 232 g/mol. The van der Waals surface area contributed by atoms with Crippen LogP contribution in [0.15, 0.2) is 18.6 Å². The van der Waals surface area contributed by atoms with Crippen molar-refractivity contribution in [2.24, 2.45) is 7.05 Å². The molecule has 0 atom stereocenters. The normalized spacial score (nSPS) is 10.9. The van der Waals surface area contributed by atoms with Gasteiger partial charge in [0.05, 0.1) is 17.6 Å². The fourth-order valence-electron chi connectivity index (χ4n) is 1.56. The molecule has 2 aromatic rings. The van der Waals surface area contributed by atoms with Crippen molar-refractivity contribution in [2.45, 2.75) is 19.9 Å². The number of carbonyl (C=O) groups excluding carboxylic acids is 1. The van der Waals surface area contributed by atoms with Crippen LogP contribution in [0.2, 0.25) is 0 Å². The molecular formula is C11H16N6O. The molecule has 96 valence electrons. The quantitative estimate of drug-likeness (QED) is 0.848. The zero-order valence-electron chi connectivity index (χ0n) is 10.6. The Hall–Kier alpha value is -2.31. The Balaban J connectivity index is 2.13. The summed E-state index contributed by atoms with van der Waals surface area (Å²) in [5.41, 5.74) is 6.88. The minimum atomic E-state index is -0.337. The van der Waals surface area contributed by atoms with E-state index in [0.29, 0.717) is 11.4 Å². The van der Waals surface area contributed by atoms with Gasteiger partial charge >= 0.3 is 0 Å². The summed E-state index contributed by atoms with van der Waals surface area (Å²) in [6, 6.07) is 0.246. The van der Waals surface area contributed by atoms with Crippen LogP contribution in [0.4, 0.5) is 11.4 Å². The number of aromatic nitrogens is 4. The Labute approximate surface area is 105 Å². The van der Waals surface area contributed by atoms with E-state index in [0.717, 1.165) is 0 Å². The summed E-state index contributed by atoms with van der Waals surface area (Å²) in [5, 5.41) is 10.8. The van der Waals surface area contributed by atoms with E-state index < -0.39 is 0 Å². The third kappa shape index (κ3) is 2.34. The van der Waals surface area contributed by atoms with Gasteiger partial charge in [-0.05, 0) is 13.8 Å². The van der Waals surface area contributed by atoms with Gasteiger partial charge in [-0.1, -0.05) is 0 Å². The fourth-order valence-corrected chi connectivity index (χ4v) is 1.56. The predicted molar refractivity (Wildman–Crippen MR) is 68.2 cm³/mol. The lowest BCUT2D eigenvalue weighted by molar-refractivity contribution is 0.102. The van der Waals surface area contributed by atoms with Crippen molar-refractivity contribution < 1.29 is 4.79 Å². The molecule has 0 spiro atoms. The van der Waals surface area contributed by atoms with Crippen LogP contribution in [-0.2, 0) is 7.05 Å². The second kappa shape index (κ2) is 4.52. The van der Waals surface area contributed by atoms with Crippen molar-refractivity contribution in [3.8, 4) is 0 Å². The Bertz CT molecular complexity index is 568. The first kappa shape index (κ1) is 12.2. The van der Waals surface area contributed by atoms with Crippen molar-refractivity contribution >= 4 is 17.3 Å². The van der Waals surface area contributed by atoms with E-state index in [2.05, 4.69) is 15.5 Å². The molecule has 0 fully saturated rings. The van der Waals surface area contributed by atoms with Gasteiger partial charge < -0.3 is 11.1 Å². The van der Waals surface area contributed by atoms with Crippen LogP contribution >= 0.6 is 0 Å². The van der Waals surface area contributed by atoms with Crippen molar-refractivity contribution in [1.82, 2.24) is 19.6 Å². The maximum absolute atomic E-state index is 11.9. The number of nitrogen functional groups attached to an aromatic ring is 1. The maximum atomic E-state index is 11.9. The lowest BCUT2D eigenvalue weighted by Crippen LogP contribution is -2.14. The first-order valence-corrected chi connectivity index (χ1v) is 5.62. The summed E-state index contributed by atoms with van der Waals surface area (Å²) in [7, 11) is 1.71. The van der Waals surface area contributed by atoms with Gasteiger partial charge in [-0.3, -0.25) is 14.2 Å². The zero-order valence-corrected chi connectivity index (χ0v) is 10.6. The molecule has 0 saturated heterocycles. The Morgan fingerprint density at radius 2 is 2.17 bits per heavy atom. The average molecular weight is 248 g/mol. The van der Waals surface area contributed by atoms with E-state index >= 15 is 0 Å². The van der Waals surface area contributed by atoms with Crippen LogP contribution < -0.4 is 11.1 Å². The smallest absolute Gasteiger partial charge is 0.278 e. The van der Waals surface area contributed by atoms with Crippen LogP contribution in [-0.4, -0.2) is 25.5 Å². The lowest BCUT2D eigenvalue weighted by atomic mass is 10.3. The Morgan fingerprint density at radius 3 is 2.67 bits per heavy atom. The summed E-state index contributed by atoms with van der Waals surface area (Å²) >= 11 is 0. The monoisotopic (exact) mass is 248 g/mol. The average Bonchev–Trinajstić information content (AvgIpc) is 2.85. The van der Waals surface area contributed by atoms with Gasteiger partial charge in [0.25, 0.3) is 5.91 Å². The summed E-state index contributed by atoms with van der Waals surface area (Å²) in [4.78, 5) is 11.9. The second-order valence-electron chi connectivity index (χ2n) is 4.36. The molecule has 18 heavy (non-hydrogen) atoms. The molecule has 2 rings (SSSR count). The highest BCUT2D eigenvalue weighted by atomic mass is 16.2. The molecule has 0 unspecified atom stereocenters. The van der Waals surface area contributed by atoms with Gasteiger partial charge in [0.1, 0.15) is 0 Å². The number of rotatable bonds is 3. The van der Waals surface area contributed by atoms with Crippen LogP contribution in [0.3, 0.4) is 0 Å². The molecule has 1 amide bonds. The van der Waals surface area contributed by atoms with Gasteiger partial charge in [-0.25, -0.2) is 0 Å². The minimum Gasteiger partial charge on any atom is -0.396 e. The van der Waals surface area contributed by atoms with Gasteiger partial charge in [0.2, 0.25) is 0 Å². The molecule has 0 aliphatic rings. The molecule has 0 bridgehead atoms. The number of carbonyl (C=O) groups is 1. The van der Waals surface area contributed by atoms with Crippen LogP contribution in [0.25, 0.3) is 0 Å². The summed E-state index contributed by atoms with van der Waals surface area (Å²) in [5.74, 6) is -0.337. The molecule has 2 aromatic heterocycles. The van der Waals surface area contributed by atoms with Crippen LogP contribution in [0, 0.1) is 0 Å². The number of anilines is 2. The highest BCUT2D eigenvalue weighted by Crippen LogP contribution is 2.13. The molecule has 0 saturated carbocycles. The number of nitrogens with one attached hydrogen (secondary N) is 1. The molecule has 2 heterocycles. The standard InChI is InChI=1S/C11H16N6O/c1-7(2)17-5-8(4-13-17)14-11(18)10-9(12)6-16(3)15-10/h4-7H,12H2,1-3H3,(H,14,18). The number of hydrogen-bond acceptors (Lipinski definition) is 4. The molecule has 0 aliphatic heterocycles. The largest absolute Gasteiger partial charge is 0.396 e. The zero-order chi connectivity index (χ0) is 13.3. The third-order valence-electron chi connectivity index (χ3n) is 2.46.